The Morgan fingerprint density at radius 3 is 2.94 bits per heavy atom. The molecule has 0 amide bonds. The van der Waals surface area contributed by atoms with Crippen LogP contribution in [0.3, 0.4) is 0 Å². The number of imidazole rings is 1. The van der Waals surface area contributed by atoms with Crippen molar-refractivity contribution in [3.8, 4) is 0 Å². The Kier molecular flexibility index (Phi) is 3.57. The molecule has 6 heteroatoms. The maximum Gasteiger partial charge on any atom is 0.272 e. The molecule has 0 saturated carbocycles. The van der Waals surface area contributed by atoms with Crippen LogP contribution in [0, 0.1) is 17.0 Å². The molecule has 2 aromatic rings. The molecule has 1 heterocycles. The molecule has 0 radical (unpaired) electrons. The van der Waals surface area contributed by atoms with Gasteiger partial charge in [0.1, 0.15) is 0 Å². The molecule has 1 aromatic carbocycles. The molecule has 0 atom stereocenters. The molecular weight excluding hydrogens is 232 g/mol. The number of nitro groups is 1. The SMILES string of the molecule is Cc1cc(NCCn2ccnc2)ccc1[N+](=O)[O-]. The molecule has 0 aliphatic rings. The van der Waals surface area contributed by atoms with Crippen LogP contribution in [0.4, 0.5) is 11.4 Å². The van der Waals surface area contributed by atoms with E-state index in [0.29, 0.717) is 5.56 Å². The van der Waals surface area contributed by atoms with Crippen LogP contribution >= 0.6 is 0 Å². The molecule has 0 unspecified atom stereocenters. The van der Waals surface area contributed by atoms with E-state index in [1.165, 1.54) is 6.07 Å². The van der Waals surface area contributed by atoms with Crippen molar-refractivity contribution in [2.45, 2.75) is 13.5 Å². The summed E-state index contributed by atoms with van der Waals surface area (Å²) >= 11 is 0. The predicted molar refractivity (Wildman–Crippen MR) is 68.6 cm³/mol. The lowest BCUT2D eigenvalue weighted by Gasteiger charge is -2.07. The summed E-state index contributed by atoms with van der Waals surface area (Å²) in [5, 5.41) is 13.9. The average Bonchev–Trinajstić information content (AvgIpc) is 2.81. The van der Waals surface area contributed by atoms with Gasteiger partial charge < -0.3 is 9.88 Å². The van der Waals surface area contributed by atoms with Crippen molar-refractivity contribution in [2.24, 2.45) is 0 Å². The molecule has 18 heavy (non-hydrogen) atoms. The summed E-state index contributed by atoms with van der Waals surface area (Å²) in [6.45, 7) is 3.28. The number of hydrogen-bond acceptors (Lipinski definition) is 4. The third-order valence-corrected chi connectivity index (χ3v) is 2.65. The molecule has 0 spiro atoms. The van der Waals surface area contributed by atoms with Crippen LogP contribution in [0.2, 0.25) is 0 Å². The van der Waals surface area contributed by atoms with Crippen LogP contribution in [0.5, 0.6) is 0 Å². The number of nitrogens with one attached hydrogen (secondary N) is 1. The number of rotatable bonds is 5. The summed E-state index contributed by atoms with van der Waals surface area (Å²) in [6, 6.07) is 5.03. The largest absolute Gasteiger partial charge is 0.383 e. The second-order valence-electron chi connectivity index (χ2n) is 3.99. The van der Waals surface area contributed by atoms with Gasteiger partial charge in [0.15, 0.2) is 0 Å². The van der Waals surface area contributed by atoms with E-state index >= 15 is 0 Å². The lowest BCUT2D eigenvalue weighted by molar-refractivity contribution is -0.385. The van der Waals surface area contributed by atoms with Gasteiger partial charge in [-0.05, 0) is 19.1 Å². The second-order valence-corrected chi connectivity index (χ2v) is 3.99. The summed E-state index contributed by atoms with van der Waals surface area (Å²) in [6.07, 6.45) is 5.38. The number of hydrogen-bond donors (Lipinski definition) is 1. The van der Waals surface area contributed by atoms with Crippen molar-refractivity contribution in [3.63, 3.8) is 0 Å². The topological polar surface area (TPSA) is 73.0 Å². The summed E-state index contributed by atoms with van der Waals surface area (Å²) < 4.78 is 1.96. The Labute approximate surface area is 104 Å². The fraction of sp³-hybridized carbons (Fsp3) is 0.250. The lowest BCUT2D eigenvalue weighted by Crippen LogP contribution is -2.09. The first-order chi connectivity index (χ1) is 8.66. The summed E-state index contributed by atoms with van der Waals surface area (Å²) in [5.41, 5.74) is 1.70. The van der Waals surface area contributed by atoms with Crippen molar-refractivity contribution in [1.82, 2.24) is 9.55 Å². The second kappa shape index (κ2) is 5.31. The zero-order valence-corrected chi connectivity index (χ0v) is 10.0. The van der Waals surface area contributed by atoms with E-state index in [2.05, 4.69) is 10.3 Å². The highest BCUT2D eigenvalue weighted by Crippen LogP contribution is 2.21. The lowest BCUT2D eigenvalue weighted by atomic mass is 10.2. The van der Waals surface area contributed by atoms with E-state index in [1.807, 2.05) is 10.8 Å². The molecule has 6 nitrogen and oxygen atoms in total. The minimum atomic E-state index is -0.370. The minimum Gasteiger partial charge on any atom is -0.383 e. The van der Waals surface area contributed by atoms with Crippen LogP contribution in [0.1, 0.15) is 5.56 Å². The van der Waals surface area contributed by atoms with Crippen molar-refractivity contribution >= 4 is 11.4 Å². The molecule has 1 aromatic heterocycles. The van der Waals surface area contributed by atoms with Gasteiger partial charge in [0.25, 0.3) is 5.69 Å². The summed E-state index contributed by atoms with van der Waals surface area (Å²) in [5.74, 6) is 0. The van der Waals surface area contributed by atoms with Crippen molar-refractivity contribution in [3.05, 3.63) is 52.6 Å². The Bertz CT molecular complexity index is 537. The van der Waals surface area contributed by atoms with E-state index in [1.54, 1.807) is 31.6 Å². The number of benzene rings is 1. The zero-order chi connectivity index (χ0) is 13.0. The highest BCUT2D eigenvalue weighted by molar-refractivity contribution is 5.53. The fourth-order valence-corrected chi connectivity index (χ4v) is 1.72. The minimum absolute atomic E-state index is 0.148. The van der Waals surface area contributed by atoms with Gasteiger partial charge in [0, 0.05) is 42.8 Å². The monoisotopic (exact) mass is 246 g/mol. The molecule has 0 aliphatic heterocycles. The van der Waals surface area contributed by atoms with Crippen molar-refractivity contribution < 1.29 is 4.92 Å². The smallest absolute Gasteiger partial charge is 0.272 e. The summed E-state index contributed by atoms with van der Waals surface area (Å²) in [7, 11) is 0. The zero-order valence-electron chi connectivity index (χ0n) is 10.0. The highest BCUT2D eigenvalue weighted by Gasteiger charge is 2.09. The third-order valence-electron chi connectivity index (χ3n) is 2.65. The first-order valence-electron chi connectivity index (χ1n) is 5.61. The van der Waals surface area contributed by atoms with Gasteiger partial charge >= 0.3 is 0 Å². The van der Waals surface area contributed by atoms with Crippen LogP contribution < -0.4 is 5.32 Å². The maximum atomic E-state index is 10.7. The predicted octanol–water partition coefficient (Wildman–Crippen LogP) is 2.21. The normalized spacial score (nSPS) is 10.3. The molecule has 0 saturated heterocycles. The van der Waals surface area contributed by atoms with Crippen LogP contribution in [0.15, 0.2) is 36.9 Å². The molecule has 0 aliphatic carbocycles. The van der Waals surface area contributed by atoms with Gasteiger partial charge in [0.2, 0.25) is 0 Å². The van der Waals surface area contributed by atoms with E-state index in [9.17, 15) is 10.1 Å². The van der Waals surface area contributed by atoms with Gasteiger partial charge in [-0.3, -0.25) is 10.1 Å². The third kappa shape index (κ3) is 2.85. The van der Waals surface area contributed by atoms with E-state index in [4.69, 9.17) is 0 Å². The first kappa shape index (κ1) is 12.1. The van der Waals surface area contributed by atoms with Crippen molar-refractivity contribution in [1.29, 1.82) is 0 Å². The van der Waals surface area contributed by atoms with Crippen LogP contribution in [-0.4, -0.2) is 21.0 Å². The Balaban J connectivity index is 1.94. The number of nitro benzene ring substituents is 1. The van der Waals surface area contributed by atoms with Gasteiger partial charge in [-0.1, -0.05) is 0 Å². The van der Waals surface area contributed by atoms with Crippen molar-refractivity contribution in [2.75, 3.05) is 11.9 Å². The number of nitrogens with zero attached hydrogens (tertiary/aromatic N) is 3. The molecule has 2 rings (SSSR count). The number of anilines is 1. The Hall–Kier alpha value is -2.37. The van der Waals surface area contributed by atoms with E-state index in [-0.39, 0.29) is 10.6 Å². The Morgan fingerprint density at radius 1 is 1.50 bits per heavy atom. The van der Waals surface area contributed by atoms with Crippen LogP contribution in [-0.2, 0) is 6.54 Å². The quantitative estimate of drug-likeness (QED) is 0.648. The van der Waals surface area contributed by atoms with Crippen LogP contribution in [0.25, 0.3) is 0 Å². The first-order valence-corrected chi connectivity index (χ1v) is 5.61. The van der Waals surface area contributed by atoms with Gasteiger partial charge in [-0.2, -0.15) is 0 Å². The summed E-state index contributed by atoms with van der Waals surface area (Å²) in [4.78, 5) is 14.3. The number of aryl methyl sites for hydroxylation is 1. The average molecular weight is 246 g/mol. The fourth-order valence-electron chi connectivity index (χ4n) is 1.72. The Morgan fingerprint density at radius 2 is 2.33 bits per heavy atom. The standard InChI is InChI=1S/C12H14N4O2/c1-10-8-11(2-3-12(10)16(17)18)14-5-7-15-6-4-13-9-15/h2-4,6,8-9,14H,5,7H2,1H3. The van der Waals surface area contributed by atoms with E-state index < -0.39 is 0 Å². The van der Waals surface area contributed by atoms with E-state index in [0.717, 1.165) is 18.8 Å². The molecule has 0 fully saturated rings. The van der Waals surface area contributed by atoms with Gasteiger partial charge in [-0.15, -0.1) is 0 Å². The van der Waals surface area contributed by atoms with Gasteiger partial charge in [-0.25, -0.2) is 4.98 Å². The molecular formula is C12H14N4O2. The highest BCUT2D eigenvalue weighted by atomic mass is 16.6. The maximum absolute atomic E-state index is 10.7. The molecule has 94 valence electrons. The van der Waals surface area contributed by atoms with Gasteiger partial charge in [0.05, 0.1) is 11.3 Å². The molecule has 0 bridgehead atoms. The molecule has 1 N–H and O–H groups in total. The number of aromatic nitrogens is 2.